The Morgan fingerprint density at radius 3 is 2.52 bits per heavy atom. The summed E-state index contributed by atoms with van der Waals surface area (Å²) in [5.74, 6) is 1.52. The van der Waals surface area contributed by atoms with Crippen molar-refractivity contribution in [2.24, 2.45) is 0 Å². The minimum atomic E-state index is -0.351. The lowest BCUT2D eigenvalue weighted by Gasteiger charge is -2.12. The van der Waals surface area contributed by atoms with Gasteiger partial charge in [0.25, 0.3) is 0 Å². The molecule has 0 fully saturated rings. The molecule has 0 spiro atoms. The van der Waals surface area contributed by atoms with Crippen LogP contribution in [0.1, 0.15) is 12.5 Å². The maximum absolute atomic E-state index is 12.1. The number of amides is 1. The van der Waals surface area contributed by atoms with Gasteiger partial charge in [0.15, 0.2) is 16.6 Å². The van der Waals surface area contributed by atoms with Gasteiger partial charge in [-0.1, -0.05) is 18.2 Å². The molecule has 6 nitrogen and oxygen atoms in total. The molecule has 0 saturated carbocycles. The van der Waals surface area contributed by atoms with Crippen LogP contribution in [-0.2, 0) is 4.79 Å². The van der Waals surface area contributed by atoms with E-state index in [1.165, 1.54) is 6.08 Å². The lowest BCUT2D eigenvalue weighted by molar-refractivity contribution is -0.115. The topological polar surface area (TPSA) is 68.8 Å². The first kappa shape index (κ1) is 20.3. The zero-order chi connectivity index (χ0) is 19.6. The van der Waals surface area contributed by atoms with Crippen LogP contribution in [0.5, 0.6) is 17.2 Å². The molecule has 0 saturated heterocycles. The normalized spacial score (nSPS) is 10.3. The highest BCUT2D eigenvalue weighted by molar-refractivity contribution is 7.80. The zero-order valence-electron chi connectivity index (χ0n) is 15.4. The number of methoxy groups -OCH3 is 2. The molecule has 2 rings (SSSR count). The fourth-order valence-electron chi connectivity index (χ4n) is 2.29. The average Bonchev–Trinajstić information content (AvgIpc) is 2.67. The first-order chi connectivity index (χ1) is 13.1. The van der Waals surface area contributed by atoms with E-state index in [4.69, 9.17) is 26.4 Å². The summed E-state index contributed by atoms with van der Waals surface area (Å²) >= 11 is 5.19. The summed E-state index contributed by atoms with van der Waals surface area (Å²) in [6.07, 6.45) is 3.05. The highest BCUT2D eigenvalue weighted by Crippen LogP contribution is 2.28. The molecular formula is C20H22N2O4S. The van der Waals surface area contributed by atoms with Crippen LogP contribution in [-0.4, -0.2) is 31.8 Å². The third kappa shape index (κ3) is 6.00. The molecule has 0 aliphatic carbocycles. The molecule has 142 valence electrons. The Bertz CT molecular complexity index is 836. The van der Waals surface area contributed by atoms with Crippen LogP contribution in [0.25, 0.3) is 6.08 Å². The van der Waals surface area contributed by atoms with E-state index in [0.29, 0.717) is 29.5 Å². The molecule has 0 atom stereocenters. The van der Waals surface area contributed by atoms with Gasteiger partial charge in [0.05, 0.1) is 26.5 Å². The smallest absolute Gasteiger partial charge is 0.250 e. The van der Waals surface area contributed by atoms with Crippen molar-refractivity contribution in [1.29, 1.82) is 0 Å². The highest BCUT2D eigenvalue weighted by atomic mass is 32.1. The number of benzene rings is 2. The molecule has 2 N–H and O–H groups in total. The van der Waals surface area contributed by atoms with Crippen molar-refractivity contribution < 1.29 is 19.0 Å². The summed E-state index contributed by atoms with van der Waals surface area (Å²) in [6.45, 7) is 2.43. The molecule has 27 heavy (non-hydrogen) atoms. The summed E-state index contributed by atoms with van der Waals surface area (Å²) in [4.78, 5) is 12.1. The molecular weight excluding hydrogens is 364 g/mol. The van der Waals surface area contributed by atoms with Gasteiger partial charge in [0, 0.05) is 6.08 Å². The largest absolute Gasteiger partial charge is 0.493 e. The molecule has 2 aromatic carbocycles. The number of carbonyl (C=O) groups is 1. The number of ether oxygens (including phenoxy) is 3. The maximum atomic E-state index is 12.1. The molecule has 0 heterocycles. The van der Waals surface area contributed by atoms with E-state index < -0.39 is 0 Å². The van der Waals surface area contributed by atoms with Crippen molar-refractivity contribution in [2.75, 3.05) is 26.1 Å². The van der Waals surface area contributed by atoms with Crippen LogP contribution >= 0.6 is 12.2 Å². The molecule has 0 bridgehead atoms. The van der Waals surface area contributed by atoms with Crippen LogP contribution < -0.4 is 24.8 Å². The summed E-state index contributed by atoms with van der Waals surface area (Å²) < 4.78 is 16.0. The fourth-order valence-corrected chi connectivity index (χ4v) is 2.50. The van der Waals surface area contributed by atoms with E-state index in [-0.39, 0.29) is 11.0 Å². The zero-order valence-corrected chi connectivity index (χ0v) is 16.3. The first-order valence-electron chi connectivity index (χ1n) is 8.31. The Morgan fingerprint density at radius 2 is 1.81 bits per heavy atom. The van der Waals surface area contributed by atoms with Crippen molar-refractivity contribution in [3.05, 3.63) is 54.1 Å². The number of rotatable bonds is 7. The maximum Gasteiger partial charge on any atom is 0.250 e. The predicted octanol–water partition coefficient (Wildman–Crippen LogP) is 3.63. The Balaban J connectivity index is 1.97. The van der Waals surface area contributed by atoms with E-state index in [0.717, 1.165) is 5.56 Å². The number of carbonyl (C=O) groups excluding carboxylic acids is 1. The van der Waals surface area contributed by atoms with Gasteiger partial charge >= 0.3 is 0 Å². The Morgan fingerprint density at radius 1 is 1.07 bits per heavy atom. The lowest BCUT2D eigenvalue weighted by atomic mass is 10.2. The monoisotopic (exact) mass is 386 g/mol. The Hall–Kier alpha value is -3.06. The van der Waals surface area contributed by atoms with Gasteiger partial charge < -0.3 is 19.5 Å². The number of hydrogen-bond acceptors (Lipinski definition) is 5. The highest BCUT2D eigenvalue weighted by Gasteiger charge is 2.07. The van der Waals surface area contributed by atoms with Gasteiger partial charge in [-0.3, -0.25) is 10.1 Å². The van der Waals surface area contributed by atoms with Crippen molar-refractivity contribution in [1.82, 2.24) is 5.32 Å². The fraction of sp³-hybridized carbons (Fsp3) is 0.200. The molecule has 1 amide bonds. The number of hydrogen-bond donors (Lipinski definition) is 2. The Kier molecular flexibility index (Phi) is 7.63. The molecule has 0 aliphatic heterocycles. The molecule has 0 radical (unpaired) electrons. The van der Waals surface area contributed by atoms with Crippen LogP contribution in [0.2, 0.25) is 0 Å². The van der Waals surface area contributed by atoms with Gasteiger partial charge in [-0.05, 0) is 55.0 Å². The number of anilines is 1. The van der Waals surface area contributed by atoms with Crippen molar-refractivity contribution >= 4 is 35.0 Å². The molecule has 0 aromatic heterocycles. The number of para-hydroxylation sites is 2. The minimum Gasteiger partial charge on any atom is -0.493 e. The van der Waals surface area contributed by atoms with Gasteiger partial charge in [-0.15, -0.1) is 0 Å². The summed E-state index contributed by atoms with van der Waals surface area (Å²) in [5, 5.41) is 5.75. The third-order valence-corrected chi connectivity index (χ3v) is 3.71. The number of thiocarbonyl (C=S) groups is 1. The Labute approximate surface area is 164 Å². The second-order valence-corrected chi connectivity index (χ2v) is 5.73. The molecule has 0 unspecified atom stereocenters. The van der Waals surface area contributed by atoms with E-state index in [1.807, 2.05) is 37.3 Å². The van der Waals surface area contributed by atoms with Crippen LogP contribution in [0.15, 0.2) is 48.5 Å². The van der Waals surface area contributed by atoms with Gasteiger partial charge in [0.2, 0.25) is 5.91 Å². The van der Waals surface area contributed by atoms with Crippen molar-refractivity contribution in [3.8, 4) is 17.2 Å². The van der Waals surface area contributed by atoms with Crippen LogP contribution in [0.4, 0.5) is 5.69 Å². The molecule has 7 heteroatoms. The summed E-state index contributed by atoms with van der Waals surface area (Å²) in [6, 6.07) is 12.7. The SMILES string of the molecule is CCOc1ccccc1NC(=S)NC(=O)/C=C/c1ccc(OC)c(OC)c1. The first-order valence-corrected chi connectivity index (χ1v) is 8.72. The second kappa shape index (κ2) is 10.2. The van der Waals surface area contributed by atoms with E-state index in [9.17, 15) is 4.79 Å². The summed E-state index contributed by atoms with van der Waals surface area (Å²) in [5.41, 5.74) is 1.48. The van der Waals surface area contributed by atoms with Gasteiger partial charge in [-0.25, -0.2) is 0 Å². The van der Waals surface area contributed by atoms with E-state index in [2.05, 4.69) is 10.6 Å². The minimum absolute atomic E-state index is 0.184. The summed E-state index contributed by atoms with van der Waals surface area (Å²) in [7, 11) is 3.13. The second-order valence-electron chi connectivity index (χ2n) is 5.32. The lowest BCUT2D eigenvalue weighted by Crippen LogP contribution is -2.32. The van der Waals surface area contributed by atoms with Crippen LogP contribution in [0.3, 0.4) is 0 Å². The van der Waals surface area contributed by atoms with Crippen molar-refractivity contribution in [3.63, 3.8) is 0 Å². The predicted molar refractivity (Wildman–Crippen MR) is 111 cm³/mol. The third-order valence-electron chi connectivity index (χ3n) is 3.51. The van der Waals surface area contributed by atoms with Gasteiger partial charge in [0.1, 0.15) is 5.75 Å². The molecule has 2 aromatic rings. The van der Waals surface area contributed by atoms with E-state index in [1.54, 1.807) is 32.4 Å². The number of nitrogens with one attached hydrogen (secondary N) is 2. The average molecular weight is 386 g/mol. The van der Waals surface area contributed by atoms with Crippen LogP contribution in [0, 0.1) is 0 Å². The quantitative estimate of drug-likeness (QED) is 0.559. The molecule has 0 aliphatic rings. The van der Waals surface area contributed by atoms with E-state index >= 15 is 0 Å². The standard InChI is InChI=1S/C20H22N2O4S/c1-4-26-16-8-6-5-7-15(16)21-20(27)22-19(23)12-10-14-9-11-17(24-2)18(13-14)25-3/h5-13H,4H2,1-3H3,(H2,21,22,23,27)/b12-10+. The van der Waals surface area contributed by atoms with Gasteiger partial charge in [-0.2, -0.15) is 0 Å². The van der Waals surface area contributed by atoms with Crippen molar-refractivity contribution in [2.45, 2.75) is 6.92 Å².